The molecule has 1 saturated heterocycles. The molecule has 2 fully saturated rings. The van der Waals surface area contributed by atoms with Crippen LogP contribution in [0.25, 0.3) is 0 Å². The fourth-order valence-corrected chi connectivity index (χ4v) is 4.16. The van der Waals surface area contributed by atoms with Gasteiger partial charge in [0.15, 0.2) is 0 Å². The van der Waals surface area contributed by atoms with Gasteiger partial charge < -0.3 is 9.84 Å². The lowest BCUT2D eigenvalue weighted by Gasteiger charge is -2.42. The van der Waals surface area contributed by atoms with Crippen molar-refractivity contribution in [2.45, 2.75) is 51.4 Å². The average molecular weight is 347 g/mol. The van der Waals surface area contributed by atoms with Crippen LogP contribution in [0.3, 0.4) is 0 Å². The van der Waals surface area contributed by atoms with Crippen LogP contribution in [0.4, 0.5) is 0 Å². The topological polar surface area (TPSA) is 35.9 Å². The second-order valence-electron chi connectivity index (χ2n) is 7.90. The fourth-order valence-electron chi connectivity index (χ4n) is 4.16. The Morgan fingerprint density at radius 2 is 1.72 bits per heavy atom. The first-order chi connectivity index (χ1) is 12.2. The second kappa shape index (κ2) is 9.67. The van der Waals surface area contributed by atoms with Crippen LogP contribution in [0.1, 0.15) is 38.2 Å². The standard InChI is InChI=1S/C21H34N2O2/c1-18-7-9-20(10-8-18)23-13-11-22(12-14-23)15-21(24)17-25-16-19-5-3-2-4-6-19/h2-6,18,20-21,24H,7-17H2,1H3/t18?,20?,21-/m1/s1. The first kappa shape index (κ1) is 18.8. The lowest BCUT2D eigenvalue weighted by atomic mass is 9.86. The van der Waals surface area contributed by atoms with Gasteiger partial charge in [0.1, 0.15) is 0 Å². The molecule has 1 aliphatic carbocycles. The van der Waals surface area contributed by atoms with E-state index in [0.717, 1.165) is 50.2 Å². The number of ether oxygens (including phenoxy) is 1. The highest BCUT2D eigenvalue weighted by Crippen LogP contribution is 2.27. The van der Waals surface area contributed by atoms with Gasteiger partial charge in [-0.05, 0) is 37.2 Å². The van der Waals surface area contributed by atoms with E-state index in [-0.39, 0.29) is 0 Å². The van der Waals surface area contributed by atoms with E-state index in [4.69, 9.17) is 4.74 Å². The van der Waals surface area contributed by atoms with Gasteiger partial charge >= 0.3 is 0 Å². The second-order valence-corrected chi connectivity index (χ2v) is 7.90. The van der Waals surface area contributed by atoms with E-state index in [1.807, 2.05) is 18.2 Å². The molecule has 1 aliphatic heterocycles. The van der Waals surface area contributed by atoms with Gasteiger partial charge in [-0.25, -0.2) is 0 Å². The van der Waals surface area contributed by atoms with Crippen molar-refractivity contribution in [3.05, 3.63) is 35.9 Å². The van der Waals surface area contributed by atoms with E-state index in [2.05, 4.69) is 28.9 Å². The van der Waals surface area contributed by atoms with Crippen LogP contribution in [0.5, 0.6) is 0 Å². The highest BCUT2D eigenvalue weighted by atomic mass is 16.5. The van der Waals surface area contributed by atoms with Gasteiger partial charge in [-0.15, -0.1) is 0 Å². The van der Waals surface area contributed by atoms with Crippen molar-refractivity contribution < 1.29 is 9.84 Å². The van der Waals surface area contributed by atoms with Crippen LogP contribution in [0, 0.1) is 5.92 Å². The number of β-amino-alcohol motifs (C(OH)–C–C–N with tert-alkyl or cyclic N) is 1. The van der Waals surface area contributed by atoms with Gasteiger partial charge in [-0.3, -0.25) is 9.80 Å². The molecule has 2 aliphatic rings. The van der Waals surface area contributed by atoms with Crippen LogP contribution in [-0.2, 0) is 11.3 Å². The van der Waals surface area contributed by atoms with Crippen molar-refractivity contribution >= 4 is 0 Å². The van der Waals surface area contributed by atoms with Gasteiger partial charge in [0, 0.05) is 38.8 Å². The van der Waals surface area contributed by atoms with E-state index in [1.54, 1.807) is 0 Å². The van der Waals surface area contributed by atoms with E-state index in [9.17, 15) is 5.11 Å². The van der Waals surface area contributed by atoms with Crippen LogP contribution in [0.15, 0.2) is 30.3 Å². The zero-order valence-corrected chi connectivity index (χ0v) is 15.6. The summed E-state index contributed by atoms with van der Waals surface area (Å²) in [4.78, 5) is 5.07. The van der Waals surface area contributed by atoms with Crippen molar-refractivity contribution in [2.75, 3.05) is 39.3 Å². The van der Waals surface area contributed by atoms with Crippen molar-refractivity contribution in [1.29, 1.82) is 0 Å². The molecule has 0 aromatic heterocycles. The minimum absolute atomic E-state index is 0.397. The van der Waals surface area contributed by atoms with Crippen molar-refractivity contribution in [3.8, 4) is 0 Å². The summed E-state index contributed by atoms with van der Waals surface area (Å²) in [6.07, 6.45) is 5.13. The zero-order chi connectivity index (χ0) is 17.5. The fraction of sp³-hybridized carbons (Fsp3) is 0.714. The maximum atomic E-state index is 10.2. The lowest BCUT2D eigenvalue weighted by Crippen LogP contribution is -2.52. The Kier molecular flexibility index (Phi) is 7.29. The van der Waals surface area contributed by atoms with Crippen LogP contribution < -0.4 is 0 Å². The molecule has 0 spiro atoms. The van der Waals surface area contributed by atoms with Gasteiger partial charge in [0.2, 0.25) is 0 Å². The Balaban J connectivity index is 1.30. The molecule has 1 heterocycles. The third-order valence-corrected chi connectivity index (χ3v) is 5.80. The Bertz CT molecular complexity index is 480. The van der Waals surface area contributed by atoms with E-state index >= 15 is 0 Å². The average Bonchev–Trinajstić information content (AvgIpc) is 2.64. The maximum absolute atomic E-state index is 10.2. The van der Waals surface area contributed by atoms with Gasteiger partial charge in [0.05, 0.1) is 19.3 Å². The molecule has 1 atom stereocenters. The van der Waals surface area contributed by atoms with Gasteiger partial charge in [0.25, 0.3) is 0 Å². The third kappa shape index (κ3) is 6.07. The number of nitrogens with zero attached hydrogens (tertiary/aromatic N) is 2. The minimum Gasteiger partial charge on any atom is -0.389 e. The van der Waals surface area contributed by atoms with Crippen LogP contribution in [-0.4, -0.2) is 66.4 Å². The number of hydrogen-bond acceptors (Lipinski definition) is 4. The molecule has 0 amide bonds. The molecule has 0 unspecified atom stereocenters. The zero-order valence-electron chi connectivity index (χ0n) is 15.6. The summed E-state index contributed by atoms with van der Waals surface area (Å²) in [5.41, 5.74) is 1.16. The summed E-state index contributed by atoms with van der Waals surface area (Å²) in [5.74, 6) is 0.920. The van der Waals surface area contributed by atoms with Crippen LogP contribution >= 0.6 is 0 Å². The summed E-state index contributed by atoms with van der Waals surface area (Å²) in [6.45, 7) is 8.54. The first-order valence-electron chi connectivity index (χ1n) is 9.97. The molecule has 140 valence electrons. The molecule has 3 rings (SSSR count). The molecule has 1 N–H and O–H groups in total. The highest BCUT2D eigenvalue weighted by Gasteiger charge is 2.27. The third-order valence-electron chi connectivity index (χ3n) is 5.80. The SMILES string of the molecule is CC1CCC(N2CCN(C[C@@H](O)COCc3ccccc3)CC2)CC1. The summed E-state index contributed by atoms with van der Waals surface area (Å²) in [6, 6.07) is 10.9. The first-order valence-corrected chi connectivity index (χ1v) is 9.97. The Labute approximate surface area is 152 Å². The quantitative estimate of drug-likeness (QED) is 0.824. The predicted molar refractivity (Wildman–Crippen MR) is 102 cm³/mol. The molecule has 1 aromatic rings. The lowest BCUT2D eigenvalue weighted by molar-refractivity contribution is -0.00429. The van der Waals surface area contributed by atoms with Crippen molar-refractivity contribution in [2.24, 2.45) is 5.92 Å². The smallest absolute Gasteiger partial charge is 0.0900 e. The molecule has 4 heteroatoms. The molecule has 1 aromatic carbocycles. The van der Waals surface area contributed by atoms with Gasteiger partial charge in [-0.1, -0.05) is 37.3 Å². The molecule has 0 radical (unpaired) electrons. The van der Waals surface area contributed by atoms with Crippen molar-refractivity contribution in [1.82, 2.24) is 9.80 Å². The largest absolute Gasteiger partial charge is 0.389 e. The van der Waals surface area contributed by atoms with Gasteiger partial charge in [-0.2, -0.15) is 0 Å². The number of rotatable bonds is 7. The van der Waals surface area contributed by atoms with Crippen LogP contribution in [0.2, 0.25) is 0 Å². The Morgan fingerprint density at radius 3 is 2.40 bits per heavy atom. The van der Waals surface area contributed by atoms with E-state index in [1.165, 1.54) is 25.7 Å². The number of aliphatic hydroxyl groups is 1. The van der Waals surface area contributed by atoms with Crippen molar-refractivity contribution in [3.63, 3.8) is 0 Å². The number of piperazine rings is 1. The number of hydrogen-bond donors (Lipinski definition) is 1. The summed E-state index contributed by atoms with van der Waals surface area (Å²) < 4.78 is 5.66. The maximum Gasteiger partial charge on any atom is 0.0900 e. The highest BCUT2D eigenvalue weighted by molar-refractivity contribution is 5.13. The molecule has 1 saturated carbocycles. The molecular weight excluding hydrogens is 312 g/mol. The Morgan fingerprint density at radius 1 is 1.04 bits per heavy atom. The Hall–Kier alpha value is -0.940. The molecule has 4 nitrogen and oxygen atoms in total. The molecule has 0 bridgehead atoms. The predicted octanol–water partition coefficient (Wildman–Crippen LogP) is 2.76. The van der Waals surface area contributed by atoms with E-state index in [0.29, 0.717) is 13.2 Å². The normalized spacial score (nSPS) is 27.3. The summed E-state index contributed by atoms with van der Waals surface area (Å²) in [5, 5.41) is 10.2. The molecule has 25 heavy (non-hydrogen) atoms. The monoisotopic (exact) mass is 346 g/mol. The summed E-state index contributed by atoms with van der Waals surface area (Å²) in [7, 11) is 0. The number of aliphatic hydroxyl groups excluding tert-OH is 1. The minimum atomic E-state index is -0.397. The molecular formula is C21H34N2O2. The number of benzene rings is 1. The van der Waals surface area contributed by atoms with E-state index < -0.39 is 6.10 Å². The summed E-state index contributed by atoms with van der Waals surface area (Å²) >= 11 is 0.